The standard InChI is InChI=1S/C18H25ClN2O3S/c1-2-11-21(25(23,24)16-9-7-15(19)8-10-16)12-17(22)20-18(13-3-4-13)14-5-6-14/h7-10,13-14,18H,2-6,11-12H2,1H3,(H,20,22). The Morgan fingerprint density at radius 1 is 1.20 bits per heavy atom. The van der Waals surface area contributed by atoms with Crippen molar-refractivity contribution in [2.24, 2.45) is 11.8 Å². The highest BCUT2D eigenvalue weighted by molar-refractivity contribution is 7.89. The number of nitrogens with zero attached hydrogens (tertiary/aromatic N) is 1. The number of rotatable bonds is 9. The second-order valence-electron chi connectivity index (χ2n) is 7.06. The second-order valence-corrected chi connectivity index (χ2v) is 9.44. The average molecular weight is 385 g/mol. The molecule has 2 fully saturated rings. The van der Waals surface area contributed by atoms with E-state index in [9.17, 15) is 13.2 Å². The zero-order chi connectivity index (χ0) is 18.0. The maximum absolute atomic E-state index is 12.9. The van der Waals surface area contributed by atoms with E-state index in [0.29, 0.717) is 29.8 Å². The van der Waals surface area contributed by atoms with Gasteiger partial charge in [-0.15, -0.1) is 0 Å². The Morgan fingerprint density at radius 2 is 1.76 bits per heavy atom. The second kappa shape index (κ2) is 7.64. The zero-order valence-corrected chi connectivity index (χ0v) is 16.0. The third-order valence-electron chi connectivity index (χ3n) is 4.83. The van der Waals surface area contributed by atoms with E-state index in [0.717, 1.165) is 0 Å². The molecule has 0 atom stereocenters. The summed E-state index contributed by atoms with van der Waals surface area (Å²) in [6.45, 7) is 2.09. The van der Waals surface area contributed by atoms with Crippen molar-refractivity contribution in [3.8, 4) is 0 Å². The molecule has 2 aliphatic carbocycles. The Bertz CT molecular complexity index is 700. The van der Waals surface area contributed by atoms with Gasteiger partial charge in [0.05, 0.1) is 11.4 Å². The number of hydrogen-bond donors (Lipinski definition) is 1. The van der Waals surface area contributed by atoms with Crippen molar-refractivity contribution in [1.82, 2.24) is 9.62 Å². The summed E-state index contributed by atoms with van der Waals surface area (Å²) in [6, 6.07) is 6.29. The lowest BCUT2D eigenvalue weighted by atomic mass is 10.1. The number of halogens is 1. The first-order valence-corrected chi connectivity index (χ1v) is 10.8. The smallest absolute Gasteiger partial charge is 0.243 e. The van der Waals surface area contributed by atoms with Crippen LogP contribution in [0.25, 0.3) is 0 Å². The molecule has 0 saturated heterocycles. The molecule has 138 valence electrons. The lowest BCUT2D eigenvalue weighted by molar-refractivity contribution is -0.122. The van der Waals surface area contributed by atoms with Gasteiger partial charge in [-0.1, -0.05) is 18.5 Å². The SMILES string of the molecule is CCCN(CC(=O)NC(C1CC1)C1CC1)S(=O)(=O)c1ccc(Cl)cc1. The van der Waals surface area contributed by atoms with Crippen LogP contribution in [0.4, 0.5) is 0 Å². The van der Waals surface area contributed by atoms with Gasteiger partial charge in [0.2, 0.25) is 15.9 Å². The summed E-state index contributed by atoms with van der Waals surface area (Å²) >= 11 is 5.84. The van der Waals surface area contributed by atoms with Crippen molar-refractivity contribution in [3.05, 3.63) is 29.3 Å². The number of sulfonamides is 1. The van der Waals surface area contributed by atoms with Crippen molar-refractivity contribution in [2.75, 3.05) is 13.1 Å². The fourth-order valence-corrected chi connectivity index (χ4v) is 4.83. The van der Waals surface area contributed by atoms with Gasteiger partial charge in [0.1, 0.15) is 0 Å². The van der Waals surface area contributed by atoms with Gasteiger partial charge in [0, 0.05) is 17.6 Å². The molecule has 25 heavy (non-hydrogen) atoms. The molecule has 3 rings (SSSR count). The molecule has 0 aliphatic heterocycles. The largest absolute Gasteiger partial charge is 0.352 e. The number of nitrogens with one attached hydrogen (secondary N) is 1. The van der Waals surface area contributed by atoms with Crippen molar-refractivity contribution in [1.29, 1.82) is 0 Å². The first kappa shape index (κ1) is 18.7. The van der Waals surface area contributed by atoms with Gasteiger partial charge >= 0.3 is 0 Å². The third kappa shape index (κ3) is 4.74. The molecule has 0 bridgehead atoms. The van der Waals surface area contributed by atoms with E-state index in [-0.39, 0.29) is 23.4 Å². The van der Waals surface area contributed by atoms with Gasteiger partial charge in [-0.25, -0.2) is 8.42 Å². The molecule has 1 N–H and O–H groups in total. The van der Waals surface area contributed by atoms with E-state index < -0.39 is 10.0 Å². The maximum Gasteiger partial charge on any atom is 0.243 e. The molecule has 1 amide bonds. The minimum atomic E-state index is -3.71. The topological polar surface area (TPSA) is 66.5 Å². The molecule has 5 nitrogen and oxygen atoms in total. The van der Waals surface area contributed by atoms with Crippen LogP contribution < -0.4 is 5.32 Å². The molecule has 0 aromatic heterocycles. The summed E-state index contributed by atoms with van der Waals surface area (Å²) in [5, 5.41) is 3.58. The first-order chi connectivity index (χ1) is 11.9. The predicted octanol–water partition coefficient (Wildman–Crippen LogP) is 3.05. The van der Waals surface area contributed by atoms with E-state index in [1.165, 1.54) is 42.1 Å². The van der Waals surface area contributed by atoms with Gasteiger partial charge in [0.15, 0.2) is 0 Å². The Balaban J connectivity index is 1.69. The summed E-state index contributed by atoms with van der Waals surface area (Å²) < 4.78 is 27.0. The normalized spacial score (nSPS) is 17.9. The van der Waals surface area contributed by atoms with Crippen LogP contribution >= 0.6 is 11.6 Å². The lowest BCUT2D eigenvalue weighted by Gasteiger charge is -2.23. The first-order valence-electron chi connectivity index (χ1n) is 8.97. The van der Waals surface area contributed by atoms with E-state index in [2.05, 4.69) is 5.32 Å². The molecule has 1 aromatic rings. The Kier molecular flexibility index (Phi) is 5.71. The number of amides is 1. The van der Waals surface area contributed by atoms with Gasteiger partial charge in [-0.2, -0.15) is 4.31 Å². The van der Waals surface area contributed by atoms with Crippen LogP contribution in [0, 0.1) is 11.8 Å². The average Bonchev–Trinajstić information content (AvgIpc) is 3.46. The summed E-state index contributed by atoms with van der Waals surface area (Å²) in [4.78, 5) is 12.7. The van der Waals surface area contributed by atoms with Crippen LogP contribution in [0.5, 0.6) is 0 Å². The molecular formula is C18H25ClN2O3S. The van der Waals surface area contributed by atoms with Crippen LogP contribution in [0.2, 0.25) is 5.02 Å². The monoisotopic (exact) mass is 384 g/mol. The third-order valence-corrected chi connectivity index (χ3v) is 6.94. The highest BCUT2D eigenvalue weighted by atomic mass is 35.5. The van der Waals surface area contributed by atoms with Gasteiger partial charge in [-0.05, 0) is 68.2 Å². The lowest BCUT2D eigenvalue weighted by Crippen LogP contribution is -2.45. The van der Waals surface area contributed by atoms with E-state index in [1.54, 1.807) is 12.1 Å². The number of hydrogen-bond acceptors (Lipinski definition) is 3. The fraction of sp³-hybridized carbons (Fsp3) is 0.611. The number of benzene rings is 1. The molecule has 2 saturated carbocycles. The van der Waals surface area contributed by atoms with Crippen molar-refractivity contribution in [2.45, 2.75) is 50.0 Å². The highest BCUT2D eigenvalue weighted by Gasteiger charge is 2.42. The quantitative estimate of drug-likeness (QED) is 0.711. The van der Waals surface area contributed by atoms with Gasteiger partial charge in [0.25, 0.3) is 0 Å². The molecular weight excluding hydrogens is 360 g/mol. The minimum Gasteiger partial charge on any atom is -0.352 e. The molecule has 0 spiro atoms. The van der Waals surface area contributed by atoms with Crippen LogP contribution in [0.15, 0.2) is 29.2 Å². The Hall–Kier alpha value is -1.11. The summed E-state index contributed by atoms with van der Waals surface area (Å²) in [6.07, 6.45) is 5.33. The summed E-state index contributed by atoms with van der Waals surface area (Å²) in [5.74, 6) is 0.975. The minimum absolute atomic E-state index is 0.130. The number of carbonyl (C=O) groups excluding carboxylic acids is 1. The maximum atomic E-state index is 12.9. The zero-order valence-electron chi connectivity index (χ0n) is 14.4. The van der Waals surface area contributed by atoms with Crippen LogP contribution in [-0.2, 0) is 14.8 Å². The van der Waals surface area contributed by atoms with Crippen molar-refractivity contribution < 1.29 is 13.2 Å². The molecule has 1 aromatic carbocycles. The van der Waals surface area contributed by atoms with Crippen LogP contribution in [-0.4, -0.2) is 37.8 Å². The van der Waals surface area contributed by atoms with Crippen LogP contribution in [0.1, 0.15) is 39.0 Å². The number of carbonyl (C=O) groups is 1. The molecule has 0 unspecified atom stereocenters. The van der Waals surface area contributed by atoms with E-state index >= 15 is 0 Å². The van der Waals surface area contributed by atoms with E-state index in [1.807, 2.05) is 6.92 Å². The molecule has 0 radical (unpaired) electrons. The van der Waals surface area contributed by atoms with E-state index in [4.69, 9.17) is 11.6 Å². The van der Waals surface area contributed by atoms with Crippen LogP contribution in [0.3, 0.4) is 0 Å². The highest BCUT2D eigenvalue weighted by Crippen LogP contribution is 2.44. The van der Waals surface area contributed by atoms with Crippen molar-refractivity contribution in [3.63, 3.8) is 0 Å². The Labute approximate surface area is 154 Å². The fourth-order valence-electron chi connectivity index (χ4n) is 3.21. The Morgan fingerprint density at radius 3 is 2.24 bits per heavy atom. The molecule has 0 heterocycles. The van der Waals surface area contributed by atoms with Crippen molar-refractivity contribution >= 4 is 27.5 Å². The summed E-state index contributed by atoms with van der Waals surface area (Å²) in [7, 11) is -3.71. The van der Waals surface area contributed by atoms with Gasteiger partial charge < -0.3 is 5.32 Å². The molecule has 2 aliphatic rings. The predicted molar refractivity (Wildman–Crippen MR) is 97.9 cm³/mol. The van der Waals surface area contributed by atoms with Gasteiger partial charge in [-0.3, -0.25) is 4.79 Å². The molecule has 7 heteroatoms. The summed E-state index contributed by atoms with van der Waals surface area (Å²) in [5.41, 5.74) is 0.